The van der Waals surface area contributed by atoms with E-state index in [0.29, 0.717) is 18.0 Å². The number of halogens is 2. The van der Waals surface area contributed by atoms with E-state index in [9.17, 15) is 4.79 Å². The zero-order valence-electron chi connectivity index (χ0n) is 10.7. The summed E-state index contributed by atoms with van der Waals surface area (Å²) < 4.78 is 5.12. The molecule has 1 aromatic rings. The Morgan fingerprint density at radius 2 is 2.21 bits per heavy atom. The normalized spacial score (nSPS) is 12.9. The standard InChI is InChI=1S/C12H17N3O2.2ClH/c1-17-11-4-5-13-7-10(11)15-12(16)8-14-6-9-2-3-9;;/h4-5,7,9,14H,2-3,6,8H2,1H3,(H,15,16);2*1H. The molecule has 0 aromatic carbocycles. The Hall–Kier alpha value is -1.04. The first-order valence-corrected chi connectivity index (χ1v) is 5.78. The number of hydrogen-bond acceptors (Lipinski definition) is 4. The number of rotatable bonds is 6. The summed E-state index contributed by atoms with van der Waals surface area (Å²) in [6.07, 6.45) is 5.77. The third-order valence-corrected chi connectivity index (χ3v) is 2.69. The lowest BCUT2D eigenvalue weighted by atomic mass is 10.3. The number of pyridine rings is 1. The fourth-order valence-corrected chi connectivity index (χ4v) is 1.56. The second kappa shape index (κ2) is 8.96. The summed E-state index contributed by atoms with van der Waals surface area (Å²) in [5, 5.41) is 5.90. The second-order valence-electron chi connectivity index (χ2n) is 4.20. The Labute approximate surface area is 125 Å². The molecule has 0 bridgehead atoms. The van der Waals surface area contributed by atoms with Gasteiger partial charge in [-0.2, -0.15) is 0 Å². The van der Waals surface area contributed by atoms with Gasteiger partial charge in [-0.05, 0) is 25.3 Å². The number of ether oxygens (including phenoxy) is 1. The van der Waals surface area contributed by atoms with Gasteiger partial charge in [-0.25, -0.2) is 0 Å². The topological polar surface area (TPSA) is 63.2 Å². The largest absolute Gasteiger partial charge is 0.494 e. The van der Waals surface area contributed by atoms with Gasteiger partial charge in [-0.15, -0.1) is 24.8 Å². The van der Waals surface area contributed by atoms with Gasteiger partial charge in [0.25, 0.3) is 0 Å². The zero-order valence-corrected chi connectivity index (χ0v) is 12.4. The van der Waals surface area contributed by atoms with E-state index in [2.05, 4.69) is 15.6 Å². The zero-order chi connectivity index (χ0) is 12.1. The highest BCUT2D eigenvalue weighted by Gasteiger charge is 2.20. The van der Waals surface area contributed by atoms with Crippen LogP contribution in [0.4, 0.5) is 5.69 Å². The predicted molar refractivity (Wildman–Crippen MR) is 79.5 cm³/mol. The minimum atomic E-state index is -0.0723. The van der Waals surface area contributed by atoms with E-state index in [1.54, 1.807) is 25.6 Å². The Kier molecular flexibility index (Phi) is 8.47. The summed E-state index contributed by atoms with van der Waals surface area (Å²) in [5.74, 6) is 1.32. The lowest BCUT2D eigenvalue weighted by molar-refractivity contribution is -0.115. The molecule has 0 saturated heterocycles. The van der Waals surface area contributed by atoms with Crippen LogP contribution in [0.2, 0.25) is 0 Å². The van der Waals surface area contributed by atoms with E-state index >= 15 is 0 Å². The summed E-state index contributed by atoms with van der Waals surface area (Å²) in [4.78, 5) is 15.6. The van der Waals surface area contributed by atoms with Crippen LogP contribution in [0.25, 0.3) is 0 Å². The number of amides is 1. The van der Waals surface area contributed by atoms with E-state index in [-0.39, 0.29) is 30.7 Å². The number of carbonyl (C=O) groups is 1. The highest BCUT2D eigenvalue weighted by Crippen LogP contribution is 2.27. The minimum absolute atomic E-state index is 0. The van der Waals surface area contributed by atoms with E-state index in [1.165, 1.54) is 12.8 Å². The molecule has 5 nitrogen and oxygen atoms in total. The van der Waals surface area contributed by atoms with Crippen LogP contribution >= 0.6 is 24.8 Å². The van der Waals surface area contributed by atoms with Crippen molar-refractivity contribution < 1.29 is 9.53 Å². The van der Waals surface area contributed by atoms with E-state index < -0.39 is 0 Å². The Balaban J connectivity index is 0.00000162. The molecule has 7 heteroatoms. The molecule has 108 valence electrons. The molecule has 1 aromatic heterocycles. The first-order chi connectivity index (χ1) is 8.29. The van der Waals surface area contributed by atoms with Crippen molar-refractivity contribution in [3.05, 3.63) is 18.5 Å². The van der Waals surface area contributed by atoms with E-state index in [1.807, 2.05) is 0 Å². The molecule has 1 fully saturated rings. The highest BCUT2D eigenvalue weighted by molar-refractivity contribution is 5.93. The number of aromatic nitrogens is 1. The Morgan fingerprint density at radius 3 is 2.84 bits per heavy atom. The van der Waals surface area contributed by atoms with E-state index in [4.69, 9.17) is 4.74 Å². The molecule has 0 atom stereocenters. The number of hydrogen-bond donors (Lipinski definition) is 2. The fourth-order valence-electron chi connectivity index (χ4n) is 1.56. The molecule has 1 amide bonds. The smallest absolute Gasteiger partial charge is 0.238 e. The van der Waals surface area contributed by atoms with Crippen LogP contribution in [0.15, 0.2) is 18.5 Å². The van der Waals surface area contributed by atoms with Gasteiger partial charge < -0.3 is 15.4 Å². The Bertz CT molecular complexity index is 400. The molecule has 0 unspecified atom stereocenters. The molecule has 1 aliphatic rings. The van der Waals surface area contributed by atoms with Gasteiger partial charge in [0.15, 0.2) is 0 Å². The molecule has 0 radical (unpaired) electrons. The third kappa shape index (κ3) is 6.09. The van der Waals surface area contributed by atoms with Gasteiger partial charge >= 0.3 is 0 Å². The second-order valence-corrected chi connectivity index (χ2v) is 4.20. The lowest BCUT2D eigenvalue weighted by Crippen LogP contribution is -2.29. The molecular formula is C12H19Cl2N3O2. The number of carbonyl (C=O) groups excluding carboxylic acids is 1. The molecule has 1 heterocycles. The van der Waals surface area contributed by atoms with Gasteiger partial charge in [0, 0.05) is 12.3 Å². The summed E-state index contributed by atoms with van der Waals surface area (Å²) in [6.45, 7) is 1.26. The van der Waals surface area contributed by atoms with Gasteiger partial charge in [0.05, 0.1) is 19.9 Å². The van der Waals surface area contributed by atoms with Gasteiger partial charge in [-0.3, -0.25) is 9.78 Å². The predicted octanol–water partition coefficient (Wildman–Crippen LogP) is 1.87. The molecule has 19 heavy (non-hydrogen) atoms. The van der Waals surface area contributed by atoms with Gasteiger partial charge in [0.2, 0.25) is 5.91 Å². The Morgan fingerprint density at radius 1 is 1.47 bits per heavy atom. The first kappa shape index (κ1) is 18.0. The maximum atomic E-state index is 11.6. The van der Waals surface area contributed by atoms with Crippen LogP contribution in [0.3, 0.4) is 0 Å². The highest BCUT2D eigenvalue weighted by atomic mass is 35.5. The number of nitrogens with zero attached hydrogens (tertiary/aromatic N) is 1. The number of methoxy groups -OCH3 is 1. The average molecular weight is 308 g/mol. The average Bonchev–Trinajstić information content (AvgIpc) is 3.14. The van der Waals surface area contributed by atoms with Crippen LogP contribution < -0.4 is 15.4 Å². The molecule has 2 N–H and O–H groups in total. The fraction of sp³-hybridized carbons (Fsp3) is 0.500. The van der Waals surface area contributed by atoms with Crippen LogP contribution in [-0.4, -0.2) is 31.1 Å². The summed E-state index contributed by atoms with van der Waals surface area (Å²) in [7, 11) is 1.57. The minimum Gasteiger partial charge on any atom is -0.494 e. The number of anilines is 1. The first-order valence-electron chi connectivity index (χ1n) is 5.78. The molecule has 1 saturated carbocycles. The molecule has 1 aliphatic carbocycles. The van der Waals surface area contributed by atoms with Crippen molar-refractivity contribution in [2.24, 2.45) is 5.92 Å². The monoisotopic (exact) mass is 307 g/mol. The molecule has 0 spiro atoms. The molecule has 0 aliphatic heterocycles. The number of nitrogens with one attached hydrogen (secondary N) is 2. The maximum absolute atomic E-state index is 11.6. The summed E-state index contributed by atoms with van der Waals surface area (Å²) in [6, 6.07) is 1.72. The quantitative estimate of drug-likeness (QED) is 0.842. The van der Waals surface area contributed by atoms with Crippen LogP contribution in [-0.2, 0) is 4.79 Å². The van der Waals surface area contributed by atoms with Crippen LogP contribution in [0.5, 0.6) is 5.75 Å². The van der Waals surface area contributed by atoms with Gasteiger partial charge in [0.1, 0.15) is 11.4 Å². The third-order valence-electron chi connectivity index (χ3n) is 2.69. The summed E-state index contributed by atoms with van der Waals surface area (Å²) in [5.41, 5.74) is 0.605. The summed E-state index contributed by atoms with van der Waals surface area (Å²) >= 11 is 0. The van der Waals surface area contributed by atoms with Crippen molar-refractivity contribution >= 4 is 36.4 Å². The van der Waals surface area contributed by atoms with Crippen molar-refractivity contribution in [3.63, 3.8) is 0 Å². The van der Waals surface area contributed by atoms with Crippen molar-refractivity contribution in [2.45, 2.75) is 12.8 Å². The van der Waals surface area contributed by atoms with Crippen molar-refractivity contribution in [3.8, 4) is 5.75 Å². The van der Waals surface area contributed by atoms with Crippen molar-refractivity contribution in [2.75, 3.05) is 25.5 Å². The maximum Gasteiger partial charge on any atom is 0.238 e. The molecular weight excluding hydrogens is 289 g/mol. The van der Waals surface area contributed by atoms with E-state index in [0.717, 1.165) is 12.5 Å². The van der Waals surface area contributed by atoms with Crippen LogP contribution in [0, 0.1) is 5.92 Å². The molecule has 2 rings (SSSR count). The SMILES string of the molecule is COc1ccncc1NC(=O)CNCC1CC1.Cl.Cl. The van der Waals surface area contributed by atoms with Crippen molar-refractivity contribution in [1.29, 1.82) is 0 Å². The van der Waals surface area contributed by atoms with Gasteiger partial charge in [-0.1, -0.05) is 0 Å². The lowest BCUT2D eigenvalue weighted by Gasteiger charge is -2.09. The van der Waals surface area contributed by atoms with Crippen LogP contribution in [0.1, 0.15) is 12.8 Å². The van der Waals surface area contributed by atoms with Crippen molar-refractivity contribution in [1.82, 2.24) is 10.3 Å².